The summed E-state index contributed by atoms with van der Waals surface area (Å²) in [7, 11) is 1.93. The van der Waals surface area contributed by atoms with E-state index < -0.39 is 0 Å². The van der Waals surface area contributed by atoms with Gasteiger partial charge in [0.15, 0.2) is 0 Å². The molecule has 1 amide bonds. The molecule has 0 saturated carbocycles. The second-order valence-electron chi connectivity index (χ2n) is 6.32. The topological polar surface area (TPSA) is 41.6 Å². The van der Waals surface area contributed by atoms with E-state index in [0.717, 1.165) is 18.6 Å². The van der Waals surface area contributed by atoms with E-state index in [1.54, 1.807) is 12.1 Å². The molecule has 2 fully saturated rings. The van der Waals surface area contributed by atoms with Crippen molar-refractivity contribution < 1.29 is 9.53 Å². The van der Waals surface area contributed by atoms with E-state index in [9.17, 15) is 4.79 Å². The quantitative estimate of drug-likeness (QED) is 0.906. The number of hydrogen-bond donors (Lipinski definition) is 1. The molecular formula is C17H23ClN2O2. The molecule has 2 aliphatic rings. The molecule has 1 aromatic rings. The van der Waals surface area contributed by atoms with Crippen molar-refractivity contribution in [2.24, 2.45) is 0 Å². The monoisotopic (exact) mass is 322 g/mol. The minimum absolute atomic E-state index is 0.167. The maximum atomic E-state index is 12.3. The average Bonchev–Trinajstić information content (AvgIpc) is 2.86. The number of halogens is 1. The molecule has 0 aliphatic carbocycles. The molecule has 2 heterocycles. The Morgan fingerprint density at radius 2 is 1.91 bits per heavy atom. The molecule has 1 N–H and O–H groups in total. The first kappa shape index (κ1) is 15.6. The number of benzene rings is 1. The number of piperidine rings is 1. The summed E-state index contributed by atoms with van der Waals surface area (Å²) >= 11 is 5.83. The first-order valence-electron chi connectivity index (χ1n) is 8.02. The largest absolute Gasteiger partial charge is 0.493 e. The van der Waals surface area contributed by atoms with Crippen LogP contribution in [0.1, 0.15) is 32.1 Å². The van der Waals surface area contributed by atoms with E-state index in [0.29, 0.717) is 36.2 Å². The van der Waals surface area contributed by atoms with Crippen molar-refractivity contribution in [3.63, 3.8) is 0 Å². The molecule has 1 aromatic carbocycles. The van der Waals surface area contributed by atoms with Gasteiger partial charge in [0.05, 0.1) is 13.0 Å². The van der Waals surface area contributed by atoms with Crippen LogP contribution in [0.2, 0.25) is 5.02 Å². The van der Waals surface area contributed by atoms with Gasteiger partial charge in [0.1, 0.15) is 5.75 Å². The highest BCUT2D eigenvalue weighted by molar-refractivity contribution is 6.30. The van der Waals surface area contributed by atoms with Gasteiger partial charge in [0.25, 0.3) is 0 Å². The summed E-state index contributed by atoms with van der Waals surface area (Å²) in [5.41, 5.74) is 0. The molecule has 120 valence electrons. The van der Waals surface area contributed by atoms with Gasteiger partial charge in [-0.3, -0.25) is 4.79 Å². The minimum Gasteiger partial charge on any atom is -0.493 e. The summed E-state index contributed by atoms with van der Waals surface area (Å²) in [4.78, 5) is 14.3. The summed E-state index contributed by atoms with van der Waals surface area (Å²) in [5.74, 6) is 0.917. The highest BCUT2D eigenvalue weighted by Gasteiger charge is 2.36. The smallest absolute Gasteiger partial charge is 0.225 e. The number of carbonyl (C=O) groups excluding carboxylic acids is 1. The lowest BCUT2D eigenvalue weighted by Gasteiger charge is -2.35. The molecule has 2 unspecified atom stereocenters. The fourth-order valence-corrected chi connectivity index (χ4v) is 3.64. The van der Waals surface area contributed by atoms with E-state index in [1.165, 1.54) is 12.8 Å². The number of nitrogens with one attached hydrogen (secondary N) is 1. The Morgan fingerprint density at radius 1 is 1.27 bits per heavy atom. The average molecular weight is 323 g/mol. The van der Waals surface area contributed by atoms with E-state index in [1.807, 2.05) is 24.1 Å². The third-order valence-corrected chi connectivity index (χ3v) is 5.04. The molecule has 2 atom stereocenters. The van der Waals surface area contributed by atoms with Crippen LogP contribution in [-0.4, -0.2) is 42.6 Å². The van der Waals surface area contributed by atoms with Crippen molar-refractivity contribution in [2.75, 3.05) is 13.7 Å². The lowest BCUT2D eigenvalue weighted by molar-refractivity contribution is -0.133. The third-order valence-electron chi connectivity index (χ3n) is 4.79. The molecule has 22 heavy (non-hydrogen) atoms. The highest BCUT2D eigenvalue weighted by Crippen LogP contribution is 2.29. The molecule has 2 bridgehead atoms. The van der Waals surface area contributed by atoms with Gasteiger partial charge >= 0.3 is 0 Å². The van der Waals surface area contributed by atoms with Crippen molar-refractivity contribution in [1.82, 2.24) is 10.2 Å². The van der Waals surface area contributed by atoms with Crippen molar-refractivity contribution in [1.29, 1.82) is 0 Å². The van der Waals surface area contributed by atoms with E-state index in [-0.39, 0.29) is 5.91 Å². The molecule has 5 heteroatoms. The molecule has 0 spiro atoms. The number of ether oxygens (including phenoxy) is 1. The Labute approximate surface area is 136 Å². The van der Waals surface area contributed by atoms with Crippen LogP contribution in [0.25, 0.3) is 0 Å². The SMILES string of the molecule is CN(C(=O)CCOc1ccc(Cl)cc1)C1CC2CCC(C1)N2. The number of nitrogens with zero attached hydrogens (tertiary/aromatic N) is 1. The standard InChI is InChI=1S/C17H23ClN2O2/c1-20(15-10-13-4-5-14(11-15)19-13)17(21)8-9-22-16-6-2-12(18)3-7-16/h2-3,6-7,13-15,19H,4-5,8-11H2,1H3. The summed E-state index contributed by atoms with van der Waals surface area (Å²) in [5, 5.41) is 4.29. The van der Waals surface area contributed by atoms with Gasteiger partial charge in [0, 0.05) is 30.2 Å². The van der Waals surface area contributed by atoms with Gasteiger partial charge in [-0.25, -0.2) is 0 Å². The van der Waals surface area contributed by atoms with Crippen LogP contribution in [0.4, 0.5) is 0 Å². The molecular weight excluding hydrogens is 300 g/mol. The predicted octanol–water partition coefficient (Wildman–Crippen LogP) is 2.85. The lowest BCUT2D eigenvalue weighted by Crippen LogP contribution is -2.48. The van der Waals surface area contributed by atoms with Crippen molar-refractivity contribution in [3.05, 3.63) is 29.3 Å². The minimum atomic E-state index is 0.167. The zero-order valence-corrected chi connectivity index (χ0v) is 13.7. The summed E-state index contributed by atoms with van der Waals surface area (Å²) < 4.78 is 5.61. The number of carbonyl (C=O) groups is 1. The summed E-state index contributed by atoms with van der Waals surface area (Å²) in [6.07, 6.45) is 5.08. The fourth-order valence-electron chi connectivity index (χ4n) is 3.51. The summed E-state index contributed by atoms with van der Waals surface area (Å²) in [6.45, 7) is 0.405. The van der Waals surface area contributed by atoms with Crippen LogP contribution >= 0.6 is 11.6 Å². The Kier molecular flexibility index (Phi) is 4.89. The Hall–Kier alpha value is -1.26. The first-order valence-corrected chi connectivity index (χ1v) is 8.39. The fraction of sp³-hybridized carbons (Fsp3) is 0.588. The number of fused-ring (bicyclic) bond motifs is 2. The van der Waals surface area contributed by atoms with Gasteiger partial charge in [-0.15, -0.1) is 0 Å². The first-order chi connectivity index (χ1) is 10.6. The molecule has 2 saturated heterocycles. The van der Waals surface area contributed by atoms with E-state index >= 15 is 0 Å². The summed E-state index contributed by atoms with van der Waals surface area (Å²) in [6, 6.07) is 8.79. The molecule has 0 radical (unpaired) electrons. The Bertz CT molecular complexity index is 508. The molecule has 4 nitrogen and oxygen atoms in total. The van der Waals surface area contributed by atoms with Crippen LogP contribution in [0.15, 0.2) is 24.3 Å². The zero-order chi connectivity index (χ0) is 15.5. The second kappa shape index (κ2) is 6.88. The maximum Gasteiger partial charge on any atom is 0.225 e. The number of amides is 1. The highest BCUT2D eigenvalue weighted by atomic mass is 35.5. The zero-order valence-electron chi connectivity index (χ0n) is 12.9. The van der Waals surface area contributed by atoms with Crippen molar-refractivity contribution in [3.8, 4) is 5.75 Å². The maximum absolute atomic E-state index is 12.3. The predicted molar refractivity (Wildman–Crippen MR) is 87.3 cm³/mol. The molecule has 2 aliphatic heterocycles. The molecule has 0 aromatic heterocycles. The van der Waals surface area contributed by atoms with Crippen LogP contribution in [0, 0.1) is 0 Å². The second-order valence-corrected chi connectivity index (χ2v) is 6.76. The normalized spacial score (nSPS) is 26.7. The van der Waals surface area contributed by atoms with Crippen LogP contribution < -0.4 is 10.1 Å². The molecule has 3 rings (SSSR count). The van der Waals surface area contributed by atoms with E-state index in [2.05, 4.69) is 5.32 Å². The van der Waals surface area contributed by atoms with Gasteiger partial charge in [-0.1, -0.05) is 11.6 Å². The Morgan fingerprint density at radius 3 is 2.55 bits per heavy atom. The van der Waals surface area contributed by atoms with Gasteiger partial charge in [-0.05, 0) is 49.9 Å². The van der Waals surface area contributed by atoms with Gasteiger partial charge < -0.3 is 15.0 Å². The van der Waals surface area contributed by atoms with Crippen LogP contribution in [-0.2, 0) is 4.79 Å². The van der Waals surface area contributed by atoms with Gasteiger partial charge in [-0.2, -0.15) is 0 Å². The third kappa shape index (κ3) is 3.73. The van der Waals surface area contributed by atoms with Crippen LogP contribution in [0.5, 0.6) is 5.75 Å². The van der Waals surface area contributed by atoms with Gasteiger partial charge in [0.2, 0.25) is 5.91 Å². The Balaban J connectivity index is 1.44. The van der Waals surface area contributed by atoms with Crippen LogP contribution in [0.3, 0.4) is 0 Å². The van der Waals surface area contributed by atoms with Crippen molar-refractivity contribution in [2.45, 2.75) is 50.2 Å². The lowest BCUT2D eigenvalue weighted by atomic mass is 9.98. The number of hydrogen-bond acceptors (Lipinski definition) is 3. The number of rotatable bonds is 5. The van der Waals surface area contributed by atoms with Crippen molar-refractivity contribution >= 4 is 17.5 Å². The van der Waals surface area contributed by atoms with E-state index in [4.69, 9.17) is 16.3 Å².